The number of hydrogen-bond acceptors (Lipinski definition) is 4. The van der Waals surface area contributed by atoms with E-state index in [1.54, 1.807) is 43.3 Å². The van der Waals surface area contributed by atoms with Crippen molar-refractivity contribution in [1.29, 1.82) is 0 Å². The molecule has 0 spiro atoms. The summed E-state index contributed by atoms with van der Waals surface area (Å²) in [4.78, 5) is 24.3. The first-order valence-electron chi connectivity index (χ1n) is 9.93. The zero-order valence-corrected chi connectivity index (χ0v) is 18.3. The fourth-order valence-electron chi connectivity index (χ4n) is 3.62. The molecule has 1 heterocycles. The van der Waals surface area contributed by atoms with Crippen LogP contribution < -0.4 is 10.6 Å². The highest BCUT2D eigenvalue weighted by Crippen LogP contribution is 2.27. The van der Waals surface area contributed by atoms with Gasteiger partial charge in [-0.2, -0.15) is 4.31 Å². The Kier molecular flexibility index (Phi) is 6.58. The highest BCUT2D eigenvalue weighted by Gasteiger charge is 2.34. The summed E-state index contributed by atoms with van der Waals surface area (Å²) in [6.45, 7) is 5.60. The predicted octanol–water partition coefficient (Wildman–Crippen LogP) is 3.30. The van der Waals surface area contributed by atoms with Crippen molar-refractivity contribution in [3.8, 4) is 0 Å². The molecule has 1 unspecified atom stereocenters. The van der Waals surface area contributed by atoms with E-state index in [1.165, 1.54) is 11.2 Å². The molecule has 0 aromatic heterocycles. The number of anilines is 2. The molecule has 2 N–H and O–H groups in total. The molecule has 1 atom stereocenters. The second-order valence-electron chi connectivity index (χ2n) is 7.72. The van der Waals surface area contributed by atoms with E-state index in [2.05, 4.69) is 10.6 Å². The van der Waals surface area contributed by atoms with Crippen LogP contribution >= 0.6 is 0 Å². The lowest BCUT2D eigenvalue weighted by Crippen LogP contribution is -2.43. The number of aryl methyl sites for hydroxylation is 2. The van der Waals surface area contributed by atoms with Crippen LogP contribution in [0.5, 0.6) is 0 Å². The van der Waals surface area contributed by atoms with Crippen LogP contribution in [0.1, 0.15) is 30.9 Å². The molecule has 30 heavy (non-hydrogen) atoms. The van der Waals surface area contributed by atoms with Gasteiger partial charge in [-0.15, -0.1) is 0 Å². The Bertz CT molecular complexity index is 1070. The van der Waals surface area contributed by atoms with E-state index in [-0.39, 0.29) is 18.4 Å². The quantitative estimate of drug-likeness (QED) is 0.762. The first kappa shape index (κ1) is 22.0. The summed E-state index contributed by atoms with van der Waals surface area (Å²) < 4.78 is 27.8. The largest absolute Gasteiger partial charge is 0.326 e. The topological polar surface area (TPSA) is 95.6 Å². The van der Waals surface area contributed by atoms with E-state index in [0.717, 1.165) is 5.56 Å². The minimum absolute atomic E-state index is 0.146. The Morgan fingerprint density at radius 3 is 2.43 bits per heavy atom. The number of carbonyl (C=O) groups is 2. The number of rotatable bonds is 5. The number of nitrogens with zero attached hydrogens (tertiary/aromatic N) is 1. The Morgan fingerprint density at radius 2 is 1.73 bits per heavy atom. The van der Waals surface area contributed by atoms with Crippen molar-refractivity contribution in [2.75, 3.05) is 23.7 Å². The van der Waals surface area contributed by atoms with Gasteiger partial charge in [0, 0.05) is 31.4 Å². The van der Waals surface area contributed by atoms with E-state index in [9.17, 15) is 18.0 Å². The average molecular weight is 430 g/mol. The molecule has 2 amide bonds. The van der Waals surface area contributed by atoms with Crippen molar-refractivity contribution >= 4 is 33.2 Å². The Hall–Kier alpha value is -2.71. The number of hydrogen-bond donors (Lipinski definition) is 2. The summed E-state index contributed by atoms with van der Waals surface area (Å²) in [5.41, 5.74) is 2.72. The number of nitrogens with one attached hydrogen (secondary N) is 2. The third kappa shape index (κ3) is 5.06. The molecule has 2 aromatic rings. The van der Waals surface area contributed by atoms with Crippen molar-refractivity contribution in [3.05, 3.63) is 53.6 Å². The van der Waals surface area contributed by atoms with E-state index in [1.807, 2.05) is 13.0 Å². The second-order valence-corrected chi connectivity index (χ2v) is 9.63. The fraction of sp³-hybridized carbons (Fsp3) is 0.364. The summed E-state index contributed by atoms with van der Waals surface area (Å²) in [5.74, 6) is -0.864. The normalized spacial score (nSPS) is 17.4. The fourth-order valence-corrected chi connectivity index (χ4v) is 5.45. The van der Waals surface area contributed by atoms with Crippen molar-refractivity contribution < 1.29 is 18.0 Å². The van der Waals surface area contributed by atoms with Crippen LogP contribution in [0.4, 0.5) is 11.4 Å². The molecule has 0 radical (unpaired) electrons. The van der Waals surface area contributed by atoms with E-state index in [4.69, 9.17) is 0 Å². The van der Waals surface area contributed by atoms with Gasteiger partial charge in [0.25, 0.3) is 0 Å². The van der Waals surface area contributed by atoms with Gasteiger partial charge in [-0.3, -0.25) is 9.59 Å². The maximum atomic E-state index is 13.2. The first-order chi connectivity index (χ1) is 14.2. The molecule has 1 aliphatic rings. The summed E-state index contributed by atoms with van der Waals surface area (Å²) in [6, 6.07) is 12.2. The minimum atomic E-state index is -3.67. The number of benzene rings is 2. The van der Waals surface area contributed by atoms with Crippen molar-refractivity contribution in [3.63, 3.8) is 0 Å². The van der Waals surface area contributed by atoms with Gasteiger partial charge in [0.15, 0.2) is 0 Å². The maximum Gasteiger partial charge on any atom is 0.243 e. The monoisotopic (exact) mass is 429 g/mol. The smallest absolute Gasteiger partial charge is 0.243 e. The van der Waals surface area contributed by atoms with E-state index < -0.39 is 15.9 Å². The van der Waals surface area contributed by atoms with Crippen molar-refractivity contribution in [2.24, 2.45) is 5.92 Å². The molecular weight excluding hydrogens is 402 g/mol. The summed E-state index contributed by atoms with van der Waals surface area (Å²) in [5, 5.41) is 5.52. The number of sulfonamides is 1. The molecule has 2 aromatic carbocycles. The van der Waals surface area contributed by atoms with Gasteiger partial charge in [-0.25, -0.2) is 8.42 Å². The zero-order chi connectivity index (χ0) is 21.9. The Morgan fingerprint density at radius 1 is 1.03 bits per heavy atom. The third-order valence-corrected chi connectivity index (χ3v) is 7.17. The van der Waals surface area contributed by atoms with Crippen LogP contribution in [0.3, 0.4) is 0 Å². The van der Waals surface area contributed by atoms with Gasteiger partial charge in [0.2, 0.25) is 21.8 Å². The third-order valence-electron chi connectivity index (χ3n) is 5.17. The molecule has 1 aliphatic heterocycles. The summed E-state index contributed by atoms with van der Waals surface area (Å²) in [6.07, 6.45) is 1.24. The van der Waals surface area contributed by atoms with E-state index >= 15 is 0 Å². The standard InChI is InChI=1S/C22H27N3O4S/c1-15-9-10-16(2)21(12-15)30(28,29)25-11-5-6-18(14-25)22(27)24-20-8-4-7-19(13-20)23-17(3)26/h4,7-10,12-13,18H,5-6,11,14H2,1-3H3,(H,23,26)(H,24,27). The molecule has 0 aliphatic carbocycles. The van der Waals surface area contributed by atoms with Crippen LogP contribution in [0.15, 0.2) is 47.4 Å². The van der Waals surface area contributed by atoms with E-state index in [0.29, 0.717) is 41.2 Å². The molecule has 8 heteroatoms. The lowest BCUT2D eigenvalue weighted by Gasteiger charge is -2.31. The van der Waals surface area contributed by atoms with Crippen molar-refractivity contribution in [1.82, 2.24) is 4.31 Å². The molecule has 0 bridgehead atoms. The maximum absolute atomic E-state index is 13.2. The zero-order valence-electron chi connectivity index (χ0n) is 17.4. The first-order valence-corrected chi connectivity index (χ1v) is 11.4. The lowest BCUT2D eigenvalue weighted by atomic mass is 9.98. The van der Waals surface area contributed by atoms with Gasteiger partial charge in [-0.1, -0.05) is 18.2 Å². The SMILES string of the molecule is CC(=O)Nc1cccc(NC(=O)C2CCCN(S(=O)(=O)c3cc(C)ccc3C)C2)c1. The molecule has 3 rings (SSSR count). The van der Waals surface area contributed by atoms with Gasteiger partial charge in [0.1, 0.15) is 0 Å². The van der Waals surface area contributed by atoms with Gasteiger partial charge in [-0.05, 0) is 62.1 Å². The lowest BCUT2D eigenvalue weighted by molar-refractivity contribution is -0.121. The molecule has 160 valence electrons. The van der Waals surface area contributed by atoms with Crippen LogP contribution in [-0.4, -0.2) is 37.6 Å². The van der Waals surface area contributed by atoms with Crippen molar-refractivity contribution in [2.45, 2.75) is 38.5 Å². The molecule has 1 fully saturated rings. The number of carbonyl (C=O) groups excluding carboxylic acids is 2. The van der Waals surface area contributed by atoms with Crippen LogP contribution in [0, 0.1) is 19.8 Å². The Balaban J connectivity index is 1.73. The van der Waals surface area contributed by atoms with Crippen LogP contribution in [0.2, 0.25) is 0 Å². The molecule has 1 saturated heterocycles. The highest BCUT2D eigenvalue weighted by molar-refractivity contribution is 7.89. The summed E-state index contributed by atoms with van der Waals surface area (Å²) >= 11 is 0. The molecular formula is C22H27N3O4S. The molecule has 7 nitrogen and oxygen atoms in total. The summed E-state index contributed by atoms with van der Waals surface area (Å²) in [7, 11) is -3.67. The van der Waals surface area contributed by atoms with Crippen LogP contribution in [-0.2, 0) is 19.6 Å². The predicted molar refractivity (Wildman–Crippen MR) is 117 cm³/mol. The van der Waals surface area contributed by atoms with Gasteiger partial charge >= 0.3 is 0 Å². The van der Waals surface area contributed by atoms with Crippen LogP contribution in [0.25, 0.3) is 0 Å². The average Bonchev–Trinajstić information content (AvgIpc) is 2.69. The number of amides is 2. The minimum Gasteiger partial charge on any atom is -0.326 e. The van der Waals surface area contributed by atoms with Gasteiger partial charge in [0.05, 0.1) is 10.8 Å². The second kappa shape index (κ2) is 8.97. The highest BCUT2D eigenvalue weighted by atomic mass is 32.2. The Labute approximate surface area is 177 Å². The van der Waals surface area contributed by atoms with Gasteiger partial charge < -0.3 is 10.6 Å². The molecule has 0 saturated carbocycles. The number of piperidine rings is 1.